The van der Waals surface area contributed by atoms with Gasteiger partial charge in [0.15, 0.2) is 0 Å². The first-order chi connectivity index (χ1) is 5.19. The van der Waals surface area contributed by atoms with Crippen LogP contribution in [0.15, 0.2) is 0 Å². The van der Waals surface area contributed by atoms with E-state index in [2.05, 4.69) is 0 Å². The van der Waals surface area contributed by atoms with Crippen LogP contribution in [0.25, 0.3) is 0 Å². The Kier molecular flexibility index (Phi) is 3.81. The molecule has 0 aromatic rings. The van der Waals surface area contributed by atoms with E-state index in [1.165, 1.54) is 0 Å². The monoisotopic (exact) mass is 198 g/mol. The largest absolute Gasteiger partial charge is 0.389 e. The molecule has 0 saturated carbocycles. The lowest BCUT2D eigenvalue weighted by Crippen LogP contribution is -2.37. The van der Waals surface area contributed by atoms with Gasteiger partial charge >= 0.3 is 6.18 Å². The first-order valence-corrected chi connectivity index (χ1v) is 7.84. The third-order valence-electron chi connectivity index (χ3n) is 2.02. The summed E-state index contributed by atoms with van der Waals surface area (Å²) in [7, 11) is -2.07. The van der Waals surface area contributed by atoms with E-state index < -0.39 is 19.8 Å². The minimum Gasteiger partial charge on any atom is -0.171 e. The van der Waals surface area contributed by atoms with Crippen LogP contribution in [0.5, 0.6) is 0 Å². The van der Waals surface area contributed by atoms with Crippen molar-refractivity contribution in [1.29, 1.82) is 0 Å². The molecule has 0 amide bonds. The van der Waals surface area contributed by atoms with Gasteiger partial charge in [0, 0.05) is 5.54 Å². The fourth-order valence-electron chi connectivity index (χ4n) is 1.38. The third-order valence-corrected chi connectivity index (χ3v) is 4.72. The summed E-state index contributed by atoms with van der Waals surface area (Å²) in [4.78, 5) is 0. The summed E-state index contributed by atoms with van der Waals surface area (Å²) >= 11 is 0. The van der Waals surface area contributed by atoms with Crippen molar-refractivity contribution < 1.29 is 13.2 Å². The third kappa shape index (κ3) is 3.60. The van der Waals surface area contributed by atoms with E-state index >= 15 is 0 Å². The van der Waals surface area contributed by atoms with Crippen LogP contribution >= 0.6 is 0 Å². The minimum atomic E-state index is -3.99. The van der Waals surface area contributed by atoms with Gasteiger partial charge in [-0.25, -0.2) is 0 Å². The highest BCUT2D eigenvalue weighted by molar-refractivity contribution is 6.77. The average molecular weight is 198 g/mol. The van der Waals surface area contributed by atoms with Crippen molar-refractivity contribution in [3.05, 3.63) is 0 Å². The van der Waals surface area contributed by atoms with Gasteiger partial charge in [-0.1, -0.05) is 33.0 Å². The van der Waals surface area contributed by atoms with Crippen LogP contribution in [-0.2, 0) is 0 Å². The molecule has 0 aliphatic carbocycles. The molecule has 0 radical (unpaired) electrons. The van der Waals surface area contributed by atoms with Crippen LogP contribution in [0.1, 0.15) is 19.8 Å². The van der Waals surface area contributed by atoms with Gasteiger partial charge in [-0.3, -0.25) is 0 Å². The molecule has 0 nitrogen and oxygen atoms in total. The van der Waals surface area contributed by atoms with Crippen molar-refractivity contribution in [2.24, 2.45) is 0 Å². The van der Waals surface area contributed by atoms with Crippen LogP contribution in [0, 0.1) is 0 Å². The van der Waals surface area contributed by atoms with Gasteiger partial charge in [-0.05, 0) is 6.42 Å². The molecule has 0 aliphatic heterocycles. The second-order valence-electron chi connectivity index (χ2n) is 4.25. The molecule has 0 aromatic heterocycles. The summed E-state index contributed by atoms with van der Waals surface area (Å²) in [6, 6.07) is 0. The molecule has 0 bridgehead atoms. The highest BCUT2D eigenvalue weighted by Gasteiger charge is 2.46. The Balaban J connectivity index is 4.45. The van der Waals surface area contributed by atoms with Crippen molar-refractivity contribution in [3.8, 4) is 0 Å². The number of hydrogen-bond acceptors (Lipinski definition) is 0. The fourth-order valence-corrected chi connectivity index (χ4v) is 3.51. The summed E-state index contributed by atoms with van der Waals surface area (Å²) in [5.41, 5.74) is -1.03. The zero-order valence-electron chi connectivity index (χ0n) is 8.13. The molecule has 0 saturated heterocycles. The Bertz CT molecular complexity index is 120. The van der Waals surface area contributed by atoms with Gasteiger partial charge in [-0.2, -0.15) is 13.2 Å². The highest BCUT2D eigenvalue weighted by Crippen LogP contribution is 2.41. The number of hydrogen-bond donors (Lipinski definition) is 0. The molecule has 0 aliphatic rings. The highest BCUT2D eigenvalue weighted by atomic mass is 28.3. The Hall–Kier alpha value is 0.00688. The maximum absolute atomic E-state index is 12.4. The van der Waals surface area contributed by atoms with Crippen LogP contribution in [-0.4, -0.2) is 14.3 Å². The molecule has 74 valence electrons. The Morgan fingerprint density at radius 3 is 1.67 bits per heavy atom. The van der Waals surface area contributed by atoms with Gasteiger partial charge in [0.2, 0.25) is 0 Å². The van der Waals surface area contributed by atoms with Crippen molar-refractivity contribution >= 4 is 8.07 Å². The van der Waals surface area contributed by atoms with E-state index in [4.69, 9.17) is 0 Å². The molecule has 1 unspecified atom stereocenters. The molecule has 0 spiro atoms. The van der Waals surface area contributed by atoms with Crippen LogP contribution in [0.3, 0.4) is 0 Å². The van der Waals surface area contributed by atoms with Crippen LogP contribution in [0.2, 0.25) is 25.2 Å². The SMILES string of the molecule is CCCC(C(F)(F)F)[Si](C)(C)C. The Labute approximate surface area is 73.2 Å². The first kappa shape index (κ1) is 12.0. The smallest absolute Gasteiger partial charge is 0.171 e. The number of halogens is 3. The zero-order chi connectivity index (χ0) is 9.99. The van der Waals surface area contributed by atoms with Crippen LogP contribution < -0.4 is 0 Å². The molecule has 0 N–H and O–H groups in total. The summed E-state index contributed by atoms with van der Waals surface area (Å²) < 4.78 is 37.3. The predicted molar refractivity (Wildman–Crippen MR) is 48.1 cm³/mol. The van der Waals surface area contributed by atoms with E-state index in [-0.39, 0.29) is 0 Å². The predicted octanol–water partition coefficient (Wildman–Crippen LogP) is 4.06. The van der Waals surface area contributed by atoms with Gasteiger partial charge in [0.25, 0.3) is 0 Å². The van der Waals surface area contributed by atoms with Crippen molar-refractivity contribution in [2.45, 2.75) is 51.1 Å². The normalized spacial score (nSPS) is 16.2. The van der Waals surface area contributed by atoms with Gasteiger partial charge < -0.3 is 0 Å². The molecule has 0 heterocycles. The van der Waals surface area contributed by atoms with E-state index in [0.29, 0.717) is 12.8 Å². The average Bonchev–Trinajstić information content (AvgIpc) is 1.77. The van der Waals surface area contributed by atoms with Crippen LogP contribution in [0.4, 0.5) is 13.2 Å². The van der Waals surface area contributed by atoms with E-state index in [0.717, 1.165) is 0 Å². The molecule has 0 rings (SSSR count). The standard InChI is InChI=1S/C8H17F3Si/c1-5-6-7(8(9,10)11)12(2,3)4/h7H,5-6H2,1-4H3. The lowest BCUT2D eigenvalue weighted by Gasteiger charge is -2.30. The second-order valence-corrected chi connectivity index (χ2v) is 9.68. The van der Waals surface area contributed by atoms with Crippen molar-refractivity contribution in [3.63, 3.8) is 0 Å². The quantitative estimate of drug-likeness (QED) is 0.600. The summed E-state index contributed by atoms with van der Waals surface area (Å²) in [6.45, 7) is 7.14. The summed E-state index contributed by atoms with van der Waals surface area (Å²) in [5.74, 6) is 0. The topological polar surface area (TPSA) is 0 Å². The molecule has 0 fully saturated rings. The molecule has 0 aromatic carbocycles. The molecule has 1 atom stereocenters. The minimum absolute atomic E-state index is 0.291. The summed E-state index contributed by atoms with van der Waals surface area (Å²) in [5, 5.41) is 0. The van der Waals surface area contributed by atoms with Gasteiger partial charge in [0.05, 0.1) is 8.07 Å². The zero-order valence-corrected chi connectivity index (χ0v) is 9.13. The Morgan fingerprint density at radius 2 is 1.58 bits per heavy atom. The lowest BCUT2D eigenvalue weighted by molar-refractivity contribution is -0.136. The first-order valence-electron chi connectivity index (χ1n) is 4.26. The maximum Gasteiger partial charge on any atom is 0.389 e. The lowest BCUT2D eigenvalue weighted by atomic mass is 10.2. The van der Waals surface area contributed by atoms with E-state index in [1.807, 2.05) is 0 Å². The molecular formula is C8H17F3Si. The number of rotatable bonds is 3. The van der Waals surface area contributed by atoms with Gasteiger partial charge in [0.1, 0.15) is 0 Å². The summed E-state index contributed by atoms with van der Waals surface area (Å²) in [6.07, 6.45) is -3.08. The van der Waals surface area contributed by atoms with Crippen molar-refractivity contribution in [1.82, 2.24) is 0 Å². The van der Waals surface area contributed by atoms with E-state index in [9.17, 15) is 13.2 Å². The molecule has 12 heavy (non-hydrogen) atoms. The maximum atomic E-state index is 12.4. The van der Waals surface area contributed by atoms with Crippen molar-refractivity contribution in [2.75, 3.05) is 0 Å². The van der Waals surface area contributed by atoms with Gasteiger partial charge in [-0.15, -0.1) is 0 Å². The second kappa shape index (κ2) is 3.81. The molecule has 4 heteroatoms. The Morgan fingerprint density at radius 1 is 1.17 bits per heavy atom. The van der Waals surface area contributed by atoms with E-state index in [1.54, 1.807) is 26.6 Å². The number of alkyl halides is 3. The fraction of sp³-hybridized carbons (Fsp3) is 1.00. The molecular weight excluding hydrogens is 181 g/mol.